The Balaban J connectivity index is 2.76. The molecule has 6 heteroatoms. The van der Waals surface area contributed by atoms with E-state index < -0.39 is 17.5 Å². The van der Waals surface area contributed by atoms with E-state index in [4.69, 9.17) is 16.7 Å². The maximum absolute atomic E-state index is 11.8. The van der Waals surface area contributed by atoms with Gasteiger partial charge >= 0.3 is 6.36 Å². The minimum Gasteiger partial charge on any atom is -0.384 e. The van der Waals surface area contributed by atoms with E-state index in [-0.39, 0.29) is 0 Å². The molecule has 1 rings (SSSR count). The monoisotopic (exact) mass is 214 g/mol. The molecule has 0 aliphatic heterocycles. The van der Waals surface area contributed by atoms with Crippen molar-refractivity contribution in [2.24, 2.45) is 0 Å². The predicted octanol–water partition coefficient (Wildman–Crippen LogP) is 1.94. The molecule has 2 nitrogen and oxygen atoms in total. The number of halogens is 4. The Bertz CT molecular complexity index is 249. The summed E-state index contributed by atoms with van der Waals surface area (Å²) in [6, 6.07) is 0. The number of allylic oxidation sites excluding steroid dienone is 2. The Labute approximate surface area is 77.3 Å². The predicted molar refractivity (Wildman–Crippen MR) is 40.0 cm³/mol. The van der Waals surface area contributed by atoms with Crippen LogP contribution in [0.15, 0.2) is 24.3 Å². The lowest BCUT2D eigenvalue weighted by molar-refractivity contribution is -0.351. The molecule has 0 fully saturated rings. The number of hydrogen-bond donors (Lipinski definition) is 1. The van der Waals surface area contributed by atoms with E-state index in [0.717, 1.165) is 12.2 Å². The van der Waals surface area contributed by atoms with Crippen molar-refractivity contribution in [3.05, 3.63) is 24.3 Å². The van der Waals surface area contributed by atoms with E-state index in [1.807, 2.05) is 0 Å². The van der Waals surface area contributed by atoms with Gasteiger partial charge in [0.1, 0.15) is 6.10 Å². The van der Waals surface area contributed by atoms with Crippen LogP contribution < -0.4 is 0 Å². The normalized spacial score (nSPS) is 33.8. The van der Waals surface area contributed by atoms with Crippen LogP contribution in [-0.2, 0) is 4.74 Å². The molecule has 0 aromatic heterocycles. The summed E-state index contributed by atoms with van der Waals surface area (Å²) in [6.45, 7) is 0. The molecule has 74 valence electrons. The van der Waals surface area contributed by atoms with Crippen LogP contribution in [0.4, 0.5) is 13.2 Å². The Morgan fingerprint density at radius 3 is 2.46 bits per heavy atom. The first-order chi connectivity index (χ1) is 5.83. The SMILES string of the molecule is OC1C=CC=CC1(Cl)OC(F)(F)F. The highest BCUT2D eigenvalue weighted by molar-refractivity contribution is 6.25. The molecule has 0 aromatic carbocycles. The highest BCUT2D eigenvalue weighted by Crippen LogP contribution is 2.34. The third-order valence-electron chi connectivity index (χ3n) is 1.40. The second kappa shape index (κ2) is 3.32. The third-order valence-corrected chi connectivity index (χ3v) is 1.83. The van der Waals surface area contributed by atoms with Gasteiger partial charge in [0.05, 0.1) is 0 Å². The van der Waals surface area contributed by atoms with Gasteiger partial charge in [0.15, 0.2) is 5.06 Å². The summed E-state index contributed by atoms with van der Waals surface area (Å²) in [4.78, 5) is 0. The van der Waals surface area contributed by atoms with Crippen molar-refractivity contribution in [1.82, 2.24) is 0 Å². The summed E-state index contributed by atoms with van der Waals surface area (Å²) < 4.78 is 38.9. The fourth-order valence-corrected chi connectivity index (χ4v) is 1.09. The summed E-state index contributed by atoms with van der Waals surface area (Å²) in [5.41, 5.74) is 0. The summed E-state index contributed by atoms with van der Waals surface area (Å²) in [7, 11) is 0. The number of rotatable bonds is 1. The van der Waals surface area contributed by atoms with Crippen molar-refractivity contribution in [2.45, 2.75) is 17.5 Å². The lowest BCUT2D eigenvalue weighted by Crippen LogP contribution is -2.41. The van der Waals surface area contributed by atoms with Gasteiger partial charge in [-0.3, -0.25) is 4.74 Å². The van der Waals surface area contributed by atoms with Crippen LogP contribution in [0.1, 0.15) is 0 Å². The van der Waals surface area contributed by atoms with Crippen molar-refractivity contribution < 1.29 is 23.0 Å². The average molecular weight is 215 g/mol. The quantitative estimate of drug-likeness (QED) is 0.676. The van der Waals surface area contributed by atoms with Gasteiger partial charge in [0.2, 0.25) is 0 Å². The van der Waals surface area contributed by atoms with Crippen molar-refractivity contribution in [1.29, 1.82) is 0 Å². The smallest absolute Gasteiger partial charge is 0.384 e. The molecule has 2 atom stereocenters. The first-order valence-corrected chi connectivity index (χ1v) is 3.71. The highest BCUT2D eigenvalue weighted by Gasteiger charge is 2.45. The molecule has 1 aliphatic carbocycles. The van der Waals surface area contributed by atoms with Crippen LogP contribution in [-0.4, -0.2) is 22.6 Å². The fourth-order valence-electron chi connectivity index (χ4n) is 0.858. The van der Waals surface area contributed by atoms with Crippen molar-refractivity contribution in [3.8, 4) is 0 Å². The average Bonchev–Trinajstić information content (AvgIpc) is 1.92. The molecule has 0 bridgehead atoms. The molecule has 0 saturated heterocycles. The maximum atomic E-state index is 11.8. The van der Waals surface area contributed by atoms with E-state index >= 15 is 0 Å². The highest BCUT2D eigenvalue weighted by atomic mass is 35.5. The summed E-state index contributed by atoms with van der Waals surface area (Å²) >= 11 is 5.38. The van der Waals surface area contributed by atoms with Gasteiger partial charge in [-0.1, -0.05) is 29.8 Å². The first-order valence-electron chi connectivity index (χ1n) is 3.33. The van der Waals surface area contributed by atoms with Crippen LogP contribution in [0.5, 0.6) is 0 Å². The van der Waals surface area contributed by atoms with Gasteiger partial charge in [0.25, 0.3) is 0 Å². The minimum atomic E-state index is -4.88. The van der Waals surface area contributed by atoms with Gasteiger partial charge in [-0.2, -0.15) is 0 Å². The fraction of sp³-hybridized carbons (Fsp3) is 0.429. The van der Waals surface area contributed by atoms with Gasteiger partial charge in [-0.05, 0) is 6.08 Å². The number of aliphatic hydroxyl groups is 1. The van der Waals surface area contributed by atoms with Gasteiger partial charge in [0, 0.05) is 0 Å². The molecule has 0 amide bonds. The zero-order chi connectivity index (χ0) is 10.1. The standard InChI is InChI=1S/C7H6ClF3O2/c8-6(13-7(9,10)11)4-2-1-3-5(6)12/h1-5,12H. The number of ether oxygens (including phenoxy) is 1. The Hall–Kier alpha value is -0.520. The molecule has 0 saturated carbocycles. The molecular weight excluding hydrogens is 209 g/mol. The van der Waals surface area contributed by atoms with E-state index in [1.165, 1.54) is 12.2 Å². The number of alkyl halides is 4. The van der Waals surface area contributed by atoms with Gasteiger partial charge in [-0.25, -0.2) is 0 Å². The Morgan fingerprint density at radius 2 is 2.00 bits per heavy atom. The minimum absolute atomic E-state index is 0.937. The van der Waals surface area contributed by atoms with Crippen molar-refractivity contribution in [3.63, 3.8) is 0 Å². The molecule has 1 aliphatic rings. The lowest BCUT2D eigenvalue weighted by atomic mass is 10.1. The second-order valence-corrected chi connectivity index (χ2v) is 3.03. The van der Waals surface area contributed by atoms with Gasteiger partial charge in [-0.15, -0.1) is 13.2 Å². The molecule has 2 unspecified atom stereocenters. The van der Waals surface area contributed by atoms with E-state index in [0.29, 0.717) is 0 Å². The second-order valence-electron chi connectivity index (χ2n) is 2.43. The zero-order valence-corrected chi connectivity index (χ0v) is 7.01. The van der Waals surface area contributed by atoms with Crippen LogP contribution in [0.2, 0.25) is 0 Å². The summed E-state index contributed by atoms with van der Waals surface area (Å²) in [5, 5.41) is 6.85. The largest absolute Gasteiger partial charge is 0.524 e. The van der Waals surface area contributed by atoms with Crippen LogP contribution in [0, 0.1) is 0 Å². The lowest BCUT2D eigenvalue weighted by Gasteiger charge is -2.29. The van der Waals surface area contributed by atoms with Crippen molar-refractivity contribution >= 4 is 11.6 Å². The Kier molecular flexibility index (Phi) is 2.70. The van der Waals surface area contributed by atoms with E-state index in [1.54, 1.807) is 0 Å². The van der Waals surface area contributed by atoms with Crippen LogP contribution in [0.25, 0.3) is 0 Å². The molecule has 0 radical (unpaired) electrons. The zero-order valence-electron chi connectivity index (χ0n) is 6.25. The molecule has 13 heavy (non-hydrogen) atoms. The van der Waals surface area contributed by atoms with E-state index in [2.05, 4.69) is 4.74 Å². The van der Waals surface area contributed by atoms with Crippen LogP contribution in [0.3, 0.4) is 0 Å². The van der Waals surface area contributed by atoms with Crippen LogP contribution >= 0.6 is 11.6 Å². The topological polar surface area (TPSA) is 29.5 Å². The number of hydrogen-bond acceptors (Lipinski definition) is 2. The summed E-state index contributed by atoms with van der Waals surface area (Å²) in [5.74, 6) is 0. The number of aliphatic hydroxyl groups excluding tert-OH is 1. The molecule has 0 heterocycles. The molecule has 0 spiro atoms. The van der Waals surface area contributed by atoms with E-state index in [9.17, 15) is 13.2 Å². The molecule has 1 N–H and O–H groups in total. The summed E-state index contributed by atoms with van der Waals surface area (Å²) in [6.07, 6.45) is -1.69. The van der Waals surface area contributed by atoms with Crippen molar-refractivity contribution in [2.75, 3.05) is 0 Å². The third kappa shape index (κ3) is 2.72. The molecular formula is C7H6ClF3O2. The van der Waals surface area contributed by atoms with Gasteiger partial charge < -0.3 is 5.11 Å². The molecule has 0 aromatic rings. The maximum Gasteiger partial charge on any atom is 0.524 e. The Morgan fingerprint density at radius 1 is 1.38 bits per heavy atom. The first kappa shape index (κ1) is 10.6.